The quantitative estimate of drug-likeness (QED) is 0.730. The lowest BCUT2D eigenvalue weighted by molar-refractivity contribution is 0.0610. The minimum absolute atomic E-state index is 0.146. The molecule has 0 radical (unpaired) electrons. The number of ether oxygens (including phenoxy) is 1. The molecule has 146 valence electrons. The summed E-state index contributed by atoms with van der Waals surface area (Å²) in [7, 11) is 1.94. The maximum Gasteiger partial charge on any atom is 0.278 e. The molecule has 8 nitrogen and oxygen atoms in total. The Morgan fingerprint density at radius 2 is 2.14 bits per heavy atom. The van der Waals surface area contributed by atoms with Gasteiger partial charge >= 0.3 is 0 Å². The lowest BCUT2D eigenvalue weighted by atomic mass is 10.1. The van der Waals surface area contributed by atoms with Crippen LogP contribution >= 0.6 is 0 Å². The summed E-state index contributed by atoms with van der Waals surface area (Å²) in [5.41, 5.74) is 1.20. The SMILES string of the molecule is CCOc1cn(-c2ccccc2)nc1C(=O)N1CCNCC1c1nccn1C. The molecule has 0 spiro atoms. The first-order chi connectivity index (χ1) is 13.7. The molecule has 28 heavy (non-hydrogen) atoms. The van der Waals surface area contributed by atoms with Gasteiger partial charge in [-0.25, -0.2) is 9.67 Å². The normalized spacial score (nSPS) is 16.9. The Balaban J connectivity index is 1.69. The minimum Gasteiger partial charge on any atom is -0.490 e. The number of aromatic nitrogens is 4. The summed E-state index contributed by atoms with van der Waals surface area (Å²) in [6.45, 7) is 4.33. The molecule has 1 N–H and O–H groups in total. The molecule has 1 aliphatic rings. The van der Waals surface area contributed by atoms with E-state index in [2.05, 4.69) is 15.4 Å². The molecule has 4 rings (SSSR count). The molecular formula is C20H24N6O2. The Kier molecular flexibility index (Phi) is 5.12. The van der Waals surface area contributed by atoms with Gasteiger partial charge in [0, 0.05) is 39.1 Å². The van der Waals surface area contributed by atoms with Crippen LogP contribution in [0.15, 0.2) is 48.9 Å². The number of piperazine rings is 1. The number of hydrogen-bond acceptors (Lipinski definition) is 5. The molecule has 1 atom stereocenters. The molecule has 1 unspecified atom stereocenters. The van der Waals surface area contributed by atoms with Gasteiger partial charge in [0.05, 0.1) is 18.5 Å². The standard InChI is InChI=1S/C20H24N6O2/c1-3-28-17-14-26(15-7-5-4-6-8-15)23-18(17)20(27)25-12-9-21-13-16(25)19-22-10-11-24(19)2/h4-8,10-11,14,16,21H,3,9,12-13H2,1-2H3. The molecule has 1 saturated heterocycles. The fraction of sp³-hybridized carbons (Fsp3) is 0.350. The average molecular weight is 380 g/mol. The van der Waals surface area contributed by atoms with Crippen molar-refractivity contribution in [2.45, 2.75) is 13.0 Å². The van der Waals surface area contributed by atoms with Crippen LogP contribution in [0, 0.1) is 0 Å². The van der Waals surface area contributed by atoms with Gasteiger partial charge in [0.25, 0.3) is 5.91 Å². The maximum absolute atomic E-state index is 13.5. The second-order valence-corrected chi connectivity index (χ2v) is 6.67. The van der Waals surface area contributed by atoms with Crippen molar-refractivity contribution in [3.05, 3.63) is 60.4 Å². The second kappa shape index (κ2) is 7.85. The van der Waals surface area contributed by atoms with Gasteiger partial charge < -0.3 is 19.5 Å². The van der Waals surface area contributed by atoms with Crippen molar-refractivity contribution < 1.29 is 9.53 Å². The third-order valence-corrected chi connectivity index (χ3v) is 4.86. The zero-order valence-corrected chi connectivity index (χ0v) is 16.1. The maximum atomic E-state index is 13.5. The van der Waals surface area contributed by atoms with Gasteiger partial charge in [-0.05, 0) is 19.1 Å². The summed E-state index contributed by atoms with van der Waals surface area (Å²) in [5, 5.41) is 7.92. The van der Waals surface area contributed by atoms with Crippen molar-refractivity contribution in [1.29, 1.82) is 0 Å². The fourth-order valence-corrected chi connectivity index (χ4v) is 3.49. The highest BCUT2D eigenvalue weighted by atomic mass is 16.5. The van der Waals surface area contributed by atoms with E-state index in [4.69, 9.17) is 4.74 Å². The summed E-state index contributed by atoms with van der Waals surface area (Å²) >= 11 is 0. The van der Waals surface area contributed by atoms with Gasteiger partial charge in [0.1, 0.15) is 11.9 Å². The van der Waals surface area contributed by atoms with Gasteiger partial charge in [-0.1, -0.05) is 18.2 Å². The summed E-state index contributed by atoms with van der Waals surface area (Å²) in [6.07, 6.45) is 5.41. The summed E-state index contributed by atoms with van der Waals surface area (Å²) in [4.78, 5) is 19.7. The third kappa shape index (κ3) is 3.38. The van der Waals surface area contributed by atoms with E-state index in [0.29, 0.717) is 31.1 Å². The number of carbonyl (C=O) groups excluding carboxylic acids is 1. The van der Waals surface area contributed by atoms with Crippen LogP contribution in [0.25, 0.3) is 5.69 Å². The number of rotatable bonds is 5. The van der Waals surface area contributed by atoms with Crippen LogP contribution in [-0.4, -0.2) is 56.4 Å². The van der Waals surface area contributed by atoms with Gasteiger partial charge in [-0.3, -0.25) is 4.79 Å². The lowest BCUT2D eigenvalue weighted by Crippen LogP contribution is -2.49. The largest absolute Gasteiger partial charge is 0.490 e. The Labute approximate surface area is 163 Å². The van der Waals surface area contributed by atoms with Crippen LogP contribution < -0.4 is 10.1 Å². The molecule has 1 fully saturated rings. The Bertz CT molecular complexity index is 949. The van der Waals surface area contributed by atoms with Gasteiger partial charge in [0.15, 0.2) is 11.4 Å². The number of carbonyl (C=O) groups is 1. The topological polar surface area (TPSA) is 77.2 Å². The zero-order valence-electron chi connectivity index (χ0n) is 16.1. The van der Waals surface area contributed by atoms with E-state index in [1.807, 2.05) is 60.0 Å². The molecule has 0 bridgehead atoms. The molecule has 3 aromatic rings. The number of nitrogens with zero attached hydrogens (tertiary/aromatic N) is 5. The lowest BCUT2D eigenvalue weighted by Gasteiger charge is -2.35. The van der Waals surface area contributed by atoms with Crippen molar-refractivity contribution in [2.24, 2.45) is 7.05 Å². The number of hydrogen-bond donors (Lipinski definition) is 1. The van der Waals surface area contributed by atoms with E-state index < -0.39 is 0 Å². The molecule has 1 aromatic carbocycles. The number of benzene rings is 1. The Morgan fingerprint density at radius 3 is 2.86 bits per heavy atom. The van der Waals surface area contributed by atoms with Crippen molar-refractivity contribution in [3.8, 4) is 11.4 Å². The molecule has 8 heteroatoms. The minimum atomic E-state index is -0.155. The highest BCUT2D eigenvalue weighted by molar-refractivity contribution is 5.95. The van der Waals surface area contributed by atoms with E-state index >= 15 is 0 Å². The average Bonchev–Trinajstić information content (AvgIpc) is 3.35. The van der Waals surface area contributed by atoms with E-state index in [1.54, 1.807) is 17.1 Å². The third-order valence-electron chi connectivity index (χ3n) is 4.86. The summed E-state index contributed by atoms with van der Waals surface area (Å²) in [5.74, 6) is 1.20. The first kappa shape index (κ1) is 18.2. The van der Waals surface area contributed by atoms with Crippen LogP contribution in [0.4, 0.5) is 0 Å². The predicted octanol–water partition coefficient (Wildman–Crippen LogP) is 1.79. The highest BCUT2D eigenvalue weighted by Crippen LogP contribution is 2.27. The van der Waals surface area contributed by atoms with Crippen LogP contribution in [0.3, 0.4) is 0 Å². The number of nitrogens with one attached hydrogen (secondary N) is 1. The number of aryl methyl sites for hydroxylation is 1. The number of amides is 1. The van der Waals surface area contributed by atoms with Crippen molar-refractivity contribution in [3.63, 3.8) is 0 Å². The van der Waals surface area contributed by atoms with Crippen LogP contribution in [0.1, 0.15) is 29.3 Å². The molecule has 3 heterocycles. The van der Waals surface area contributed by atoms with E-state index in [1.165, 1.54) is 0 Å². The zero-order chi connectivity index (χ0) is 19.5. The molecule has 1 aliphatic heterocycles. The van der Waals surface area contributed by atoms with Crippen LogP contribution in [0.5, 0.6) is 5.75 Å². The molecule has 2 aromatic heterocycles. The Hall–Kier alpha value is -3.13. The monoisotopic (exact) mass is 380 g/mol. The van der Waals surface area contributed by atoms with Gasteiger partial charge in [-0.2, -0.15) is 5.10 Å². The second-order valence-electron chi connectivity index (χ2n) is 6.67. The first-order valence-corrected chi connectivity index (χ1v) is 9.46. The molecule has 0 saturated carbocycles. The molecule has 1 amide bonds. The van der Waals surface area contributed by atoms with Crippen molar-refractivity contribution >= 4 is 5.91 Å². The smallest absolute Gasteiger partial charge is 0.278 e. The highest BCUT2D eigenvalue weighted by Gasteiger charge is 2.34. The van der Waals surface area contributed by atoms with Gasteiger partial charge in [-0.15, -0.1) is 0 Å². The van der Waals surface area contributed by atoms with E-state index in [-0.39, 0.29) is 11.9 Å². The van der Waals surface area contributed by atoms with E-state index in [9.17, 15) is 4.79 Å². The Morgan fingerprint density at radius 1 is 1.32 bits per heavy atom. The number of para-hydroxylation sites is 1. The molecule has 0 aliphatic carbocycles. The summed E-state index contributed by atoms with van der Waals surface area (Å²) < 4.78 is 9.37. The van der Waals surface area contributed by atoms with Crippen LogP contribution in [-0.2, 0) is 7.05 Å². The fourth-order valence-electron chi connectivity index (χ4n) is 3.49. The summed E-state index contributed by atoms with van der Waals surface area (Å²) in [6, 6.07) is 9.55. The number of imidazole rings is 1. The van der Waals surface area contributed by atoms with Gasteiger partial charge in [0.2, 0.25) is 0 Å². The predicted molar refractivity (Wildman–Crippen MR) is 105 cm³/mol. The molecular weight excluding hydrogens is 356 g/mol. The van der Waals surface area contributed by atoms with Crippen molar-refractivity contribution in [2.75, 3.05) is 26.2 Å². The van der Waals surface area contributed by atoms with E-state index in [0.717, 1.165) is 18.1 Å². The first-order valence-electron chi connectivity index (χ1n) is 9.46. The van der Waals surface area contributed by atoms with Crippen molar-refractivity contribution in [1.82, 2.24) is 29.5 Å². The van der Waals surface area contributed by atoms with Crippen LogP contribution in [0.2, 0.25) is 0 Å².